The van der Waals surface area contributed by atoms with E-state index in [-0.39, 0.29) is 5.97 Å². The van der Waals surface area contributed by atoms with Gasteiger partial charge in [0.2, 0.25) is 0 Å². The van der Waals surface area contributed by atoms with E-state index in [4.69, 9.17) is 4.74 Å². The van der Waals surface area contributed by atoms with Gasteiger partial charge in [0.25, 0.3) is 0 Å². The van der Waals surface area contributed by atoms with Crippen LogP contribution in [0.2, 0.25) is 0 Å². The number of nitrogens with zero attached hydrogens (tertiary/aromatic N) is 1. The molecule has 1 aliphatic rings. The van der Waals surface area contributed by atoms with Crippen LogP contribution in [0.25, 0.3) is 0 Å². The van der Waals surface area contributed by atoms with E-state index in [1.54, 1.807) is 0 Å². The number of anilines is 1. The van der Waals surface area contributed by atoms with E-state index in [0.717, 1.165) is 18.7 Å². The summed E-state index contributed by atoms with van der Waals surface area (Å²) in [7, 11) is 2.13. The second kappa shape index (κ2) is 6.06. The summed E-state index contributed by atoms with van der Waals surface area (Å²) in [6.07, 6.45) is 1.09. The molecule has 1 N–H and O–H groups in total. The van der Waals surface area contributed by atoms with Crippen molar-refractivity contribution in [1.82, 2.24) is 4.90 Å². The van der Waals surface area contributed by atoms with E-state index >= 15 is 0 Å². The van der Waals surface area contributed by atoms with Crippen LogP contribution in [0.5, 0.6) is 0 Å². The van der Waals surface area contributed by atoms with Crippen LogP contribution >= 0.6 is 0 Å². The quantitative estimate of drug-likeness (QED) is 0.846. The fraction of sp³-hybridized carbons (Fsp3) is 0.533. The molecule has 1 aromatic carbocycles. The van der Waals surface area contributed by atoms with E-state index in [1.165, 1.54) is 0 Å². The molecule has 1 saturated heterocycles. The van der Waals surface area contributed by atoms with Crippen LogP contribution in [-0.4, -0.2) is 43.2 Å². The van der Waals surface area contributed by atoms with Gasteiger partial charge in [0, 0.05) is 24.3 Å². The van der Waals surface area contributed by atoms with Crippen LogP contribution in [0.15, 0.2) is 24.3 Å². The molecule has 2 rings (SSSR count). The van der Waals surface area contributed by atoms with Crippen LogP contribution in [0.3, 0.4) is 0 Å². The van der Waals surface area contributed by atoms with Crippen molar-refractivity contribution >= 4 is 11.7 Å². The molecule has 0 saturated carbocycles. The van der Waals surface area contributed by atoms with Crippen LogP contribution in [0.1, 0.15) is 30.6 Å². The van der Waals surface area contributed by atoms with E-state index in [1.807, 2.05) is 31.2 Å². The maximum Gasteiger partial charge on any atom is 0.340 e. The summed E-state index contributed by atoms with van der Waals surface area (Å²) in [5.74, 6) is -0.259. The Bertz CT molecular complexity index is 438. The molecule has 0 radical (unpaired) electrons. The highest BCUT2D eigenvalue weighted by Crippen LogP contribution is 2.22. The van der Waals surface area contributed by atoms with Crippen molar-refractivity contribution < 1.29 is 9.53 Å². The number of hydrogen-bond acceptors (Lipinski definition) is 4. The van der Waals surface area contributed by atoms with Gasteiger partial charge in [-0.3, -0.25) is 0 Å². The van der Waals surface area contributed by atoms with Crippen molar-refractivity contribution in [1.29, 1.82) is 0 Å². The zero-order valence-electron chi connectivity index (χ0n) is 11.8. The average Bonchev–Trinajstić information content (AvgIpc) is 2.69. The molecule has 0 aromatic heterocycles. The molecule has 0 bridgehead atoms. The van der Waals surface area contributed by atoms with Crippen molar-refractivity contribution in [3.05, 3.63) is 29.8 Å². The number of carbonyl (C=O) groups is 1. The topological polar surface area (TPSA) is 41.6 Å². The Labute approximate surface area is 114 Å². The lowest BCUT2D eigenvalue weighted by molar-refractivity contribution is 0.0527. The maximum absolute atomic E-state index is 11.9. The first-order chi connectivity index (χ1) is 9.11. The molecule has 4 nitrogen and oxygen atoms in total. The third kappa shape index (κ3) is 3.26. The average molecular weight is 262 g/mol. The predicted octanol–water partition coefficient (Wildman–Crippen LogP) is 2.37. The van der Waals surface area contributed by atoms with Gasteiger partial charge in [-0.05, 0) is 39.4 Å². The molecule has 1 aliphatic heterocycles. The Morgan fingerprint density at radius 3 is 2.84 bits per heavy atom. The number of nitrogens with one attached hydrogen (secondary N) is 1. The number of likely N-dealkylation sites (N-methyl/N-ethyl adjacent to an activating group) is 1. The monoisotopic (exact) mass is 262 g/mol. The fourth-order valence-corrected chi connectivity index (χ4v) is 2.51. The van der Waals surface area contributed by atoms with Crippen LogP contribution in [0.4, 0.5) is 5.69 Å². The molecule has 2 unspecified atom stereocenters. The van der Waals surface area contributed by atoms with Gasteiger partial charge in [-0.1, -0.05) is 12.1 Å². The van der Waals surface area contributed by atoms with E-state index in [2.05, 4.69) is 24.2 Å². The van der Waals surface area contributed by atoms with Crippen molar-refractivity contribution in [2.75, 3.05) is 25.5 Å². The number of para-hydroxylation sites is 1. The zero-order valence-corrected chi connectivity index (χ0v) is 11.8. The first-order valence-electron chi connectivity index (χ1n) is 6.84. The Hall–Kier alpha value is -1.55. The fourth-order valence-electron chi connectivity index (χ4n) is 2.51. The lowest BCUT2D eigenvalue weighted by Gasteiger charge is -2.16. The molecular weight excluding hydrogens is 240 g/mol. The number of ether oxygens (including phenoxy) is 1. The van der Waals surface area contributed by atoms with Gasteiger partial charge in [0.05, 0.1) is 12.2 Å². The van der Waals surface area contributed by atoms with E-state index in [9.17, 15) is 4.79 Å². The van der Waals surface area contributed by atoms with E-state index in [0.29, 0.717) is 24.3 Å². The summed E-state index contributed by atoms with van der Waals surface area (Å²) in [5.41, 5.74) is 1.49. The number of hydrogen-bond donors (Lipinski definition) is 1. The molecular formula is C15H22N2O2. The third-order valence-corrected chi connectivity index (χ3v) is 3.67. The lowest BCUT2D eigenvalue weighted by Crippen LogP contribution is -2.25. The van der Waals surface area contributed by atoms with E-state index < -0.39 is 0 Å². The number of likely N-dealkylation sites (tertiary alicyclic amines) is 1. The van der Waals surface area contributed by atoms with Crippen LogP contribution in [-0.2, 0) is 4.74 Å². The Morgan fingerprint density at radius 1 is 1.47 bits per heavy atom. The highest BCUT2D eigenvalue weighted by molar-refractivity contribution is 5.95. The molecule has 0 spiro atoms. The number of esters is 1. The normalized spacial score (nSPS) is 23.3. The molecule has 4 heteroatoms. The minimum absolute atomic E-state index is 0.259. The second-order valence-electron chi connectivity index (χ2n) is 5.13. The zero-order chi connectivity index (χ0) is 13.8. The van der Waals surface area contributed by atoms with Gasteiger partial charge in [-0.2, -0.15) is 0 Å². The Balaban J connectivity index is 2.10. The Kier molecular flexibility index (Phi) is 4.43. The Morgan fingerprint density at radius 2 is 2.21 bits per heavy atom. The summed E-state index contributed by atoms with van der Waals surface area (Å²) in [6, 6.07) is 8.51. The van der Waals surface area contributed by atoms with Crippen LogP contribution in [0, 0.1) is 0 Å². The third-order valence-electron chi connectivity index (χ3n) is 3.67. The maximum atomic E-state index is 11.9. The van der Waals surface area contributed by atoms with Crippen LogP contribution < -0.4 is 5.32 Å². The van der Waals surface area contributed by atoms with Crippen molar-refractivity contribution in [3.8, 4) is 0 Å². The van der Waals surface area contributed by atoms with Gasteiger partial charge in [0.15, 0.2) is 0 Å². The molecule has 104 valence electrons. The van der Waals surface area contributed by atoms with Gasteiger partial charge < -0.3 is 15.0 Å². The molecule has 1 heterocycles. The second-order valence-corrected chi connectivity index (χ2v) is 5.13. The van der Waals surface area contributed by atoms with Gasteiger partial charge in [-0.15, -0.1) is 0 Å². The molecule has 19 heavy (non-hydrogen) atoms. The number of rotatable bonds is 4. The molecule has 0 aliphatic carbocycles. The first kappa shape index (κ1) is 13.9. The summed E-state index contributed by atoms with van der Waals surface area (Å²) in [5, 5.41) is 3.47. The number of carbonyl (C=O) groups excluding carboxylic acids is 1. The van der Waals surface area contributed by atoms with Crippen molar-refractivity contribution in [3.63, 3.8) is 0 Å². The summed E-state index contributed by atoms with van der Waals surface area (Å²) in [6.45, 7) is 5.44. The summed E-state index contributed by atoms with van der Waals surface area (Å²) >= 11 is 0. The first-order valence-corrected chi connectivity index (χ1v) is 6.84. The smallest absolute Gasteiger partial charge is 0.340 e. The van der Waals surface area contributed by atoms with Gasteiger partial charge >= 0.3 is 5.97 Å². The largest absolute Gasteiger partial charge is 0.462 e. The molecule has 1 fully saturated rings. The highest BCUT2D eigenvalue weighted by Gasteiger charge is 2.26. The standard InChI is InChI=1S/C15H22N2O2/c1-4-19-15(18)13-7-5-6-8-14(13)16-12-9-11(2)17(3)10-12/h5-8,11-12,16H,4,9-10H2,1-3H3. The van der Waals surface area contributed by atoms with Gasteiger partial charge in [-0.25, -0.2) is 4.79 Å². The highest BCUT2D eigenvalue weighted by atomic mass is 16.5. The number of benzene rings is 1. The molecule has 1 aromatic rings. The minimum Gasteiger partial charge on any atom is -0.462 e. The molecule has 0 amide bonds. The predicted molar refractivity (Wildman–Crippen MR) is 76.5 cm³/mol. The van der Waals surface area contributed by atoms with Crippen molar-refractivity contribution in [2.24, 2.45) is 0 Å². The van der Waals surface area contributed by atoms with Crippen molar-refractivity contribution in [2.45, 2.75) is 32.4 Å². The summed E-state index contributed by atoms with van der Waals surface area (Å²) in [4.78, 5) is 14.2. The summed E-state index contributed by atoms with van der Waals surface area (Å²) < 4.78 is 5.09. The molecule has 2 atom stereocenters. The SMILES string of the molecule is CCOC(=O)c1ccccc1NC1CC(C)N(C)C1. The lowest BCUT2D eigenvalue weighted by atomic mass is 10.1. The minimum atomic E-state index is -0.259. The van der Waals surface area contributed by atoms with Gasteiger partial charge in [0.1, 0.15) is 0 Å².